The van der Waals surface area contributed by atoms with Gasteiger partial charge in [-0.05, 0) is 25.8 Å². The van der Waals surface area contributed by atoms with E-state index in [1.54, 1.807) is 11.7 Å². The SMILES string of the molecule is CCc1cc(C(=O)NC(C)(CC)CCl)n(C)n1. The van der Waals surface area contributed by atoms with Crippen molar-refractivity contribution in [1.29, 1.82) is 0 Å². The van der Waals surface area contributed by atoms with Gasteiger partial charge in [0.1, 0.15) is 5.69 Å². The summed E-state index contributed by atoms with van der Waals surface area (Å²) >= 11 is 5.88. The lowest BCUT2D eigenvalue weighted by atomic mass is 10.0. The minimum absolute atomic E-state index is 0.121. The highest BCUT2D eigenvalue weighted by Crippen LogP contribution is 2.13. The highest BCUT2D eigenvalue weighted by Gasteiger charge is 2.25. The minimum Gasteiger partial charge on any atom is -0.344 e. The van der Waals surface area contributed by atoms with Gasteiger partial charge < -0.3 is 5.32 Å². The van der Waals surface area contributed by atoms with E-state index in [0.717, 1.165) is 18.5 Å². The number of rotatable bonds is 5. The molecule has 0 bridgehead atoms. The van der Waals surface area contributed by atoms with E-state index in [4.69, 9.17) is 11.6 Å². The first kappa shape index (κ1) is 14.0. The summed E-state index contributed by atoms with van der Waals surface area (Å²) in [6.45, 7) is 5.96. The van der Waals surface area contributed by atoms with Crippen LogP contribution in [0.5, 0.6) is 0 Å². The van der Waals surface area contributed by atoms with E-state index in [2.05, 4.69) is 10.4 Å². The van der Waals surface area contributed by atoms with Crippen molar-refractivity contribution in [2.45, 2.75) is 39.2 Å². The first-order valence-electron chi connectivity index (χ1n) is 5.87. The van der Waals surface area contributed by atoms with Crippen LogP contribution in [0.25, 0.3) is 0 Å². The highest BCUT2D eigenvalue weighted by molar-refractivity contribution is 6.18. The number of alkyl halides is 1. The summed E-state index contributed by atoms with van der Waals surface area (Å²) in [5, 5.41) is 7.21. The number of hydrogen-bond donors (Lipinski definition) is 1. The standard InChI is InChI=1S/C12H20ClN3O/c1-5-9-7-10(16(4)15-9)11(17)14-12(3,6-2)8-13/h7H,5-6,8H2,1-4H3,(H,14,17). The Morgan fingerprint density at radius 3 is 2.65 bits per heavy atom. The molecule has 17 heavy (non-hydrogen) atoms. The highest BCUT2D eigenvalue weighted by atomic mass is 35.5. The molecule has 0 aliphatic heterocycles. The zero-order valence-electron chi connectivity index (χ0n) is 10.9. The number of amides is 1. The fourth-order valence-corrected chi connectivity index (χ4v) is 1.72. The summed E-state index contributed by atoms with van der Waals surface area (Å²) in [7, 11) is 1.78. The molecule has 0 saturated heterocycles. The maximum absolute atomic E-state index is 12.1. The molecule has 1 atom stereocenters. The fourth-order valence-electron chi connectivity index (χ4n) is 1.47. The van der Waals surface area contributed by atoms with E-state index < -0.39 is 0 Å². The van der Waals surface area contributed by atoms with Crippen LogP contribution in [0.3, 0.4) is 0 Å². The van der Waals surface area contributed by atoms with Crippen molar-refractivity contribution in [1.82, 2.24) is 15.1 Å². The second-order valence-corrected chi connectivity index (χ2v) is 4.77. The molecule has 0 saturated carbocycles. The van der Waals surface area contributed by atoms with Crippen LogP contribution in [0.2, 0.25) is 0 Å². The first-order valence-corrected chi connectivity index (χ1v) is 6.40. The molecule has 1 aromatic heterocycles. The lowest BCUT2D eigenvalue weighted by molar-refractivity contribution is 0.0902. The third-order valence-corrected chi connectivity index (χ3v) is 3.61. The molecule has 96 valence electrons. The molecule has 0 aliphatic rings. The van der Waals surface area contributed by atoms with Crippen LogP contribution in [0.15, 0.2) is 6.07 Å². The maximum Gasteiger partial charge on any atom is 0.270 e. The predicted molar refractivity (Wildman–Crippen MR) is 69.5 cm³/mol. The van der Waals surface area contributed by atoms with Crippen LogP contribution in [-0.2, 0) is 13.5 Å². The third-order valence-electron chi connectivity index (χ3n) is 3.02. The number of nitrogens with one attached hydrogen (secondary N) is 1. The Morgan fingerprint density at radius 1 is 1.59 bits per heavy atom. The van der Waals surface area contributed by atoms with E-state index in [1.807, 2.05) is 26.8 Å². The molecule has 1 aromatic rings. The number of nitrogens with zero attached hydrogens (tertiary/aromatic N) is 2. The van der Waals surface area contributed by atoms with Gasteiger partial charge in [0.2, 0.25) is 0 Å². The lowest BCUT2D eigenvalue weighted by Crippen LogP contribution is -2.47. The Labute approximate surface area is 107 Å². The van der Waals surface area contributed by atoms with Crippen LogP contribution in [0.1, 0.15) is 43.4 Å². The third kappa shape index (κ3) is 3.22. The van der Waals surface area contributed by atoms with E-state index >= 15 is 0 Å². The van der Waals surface area contributed by atoms with E-state index in [-0.39, 0.29) is 11.4 Å². The van der Waals surface area contributed by atoms with Gasteiger partial charge in [0, 0.05) is 12.9 Å². The average Bonchev–Trinajstić information content (AvgIpc) is 2.70. The van der Waals surface area contributed by atoms with Gasteiger partial charge in [0.15, 0.2) is 0 Å². The van der Waals surface area contributed by atoms with Gasteiger partial charge in [0.25, 0.3) is 5.91 Å². The van der Waals surface area contributed by atoms with Gasteiger partial charge in [-0.3, -0.25) is 9.48 Å². The smallest absolute Gasteiger partial charge is 0.270 e. The monoisotopic (exact) mass is 257 g/mol. The van der Waals surface area contributed by atoms with Crippen molar-refractivity contribution in [2.75, 3.05) is 5.88 Å². The normalized spacial score (nSPS) is 14.4. The summed E-state index contributed by atoms with van der Waals surface area (Å²) in [5.74, 6) is 0.276. The zero-order valence-corrected chi connectivity index (χ0v) is 11.6. The van der Waals surface area contributed by atoms with Crippen LogP contribution < -0.4 is 5.32 Å². The molecule has 0 aliphatic carbocycles. The van der Waals surface area contributed by atoms with Gasteiger partial charge in [0.05, 0.1) is 11.2 Å². The molecule has 0 spiro atoms. The molecule has 1 heterocycles. The Balaban J connectivity index is 2.86. The van der Waals surface area contributed by atoms with Crippen molar-refractivity contribution in [3.05, 3.63) is 17.5 Å². The van der Waals surface area contributed by atoms with Gasteiger partial charge in [-0.25, -0.2) is 0 Å². The van der Waals surface area contributed by atoms with Crippen molar-refractivity contribution >= 4 is 17.5 Å². The van der Waals surface area contributed by atoms with Crippen molar-refractivity contribution in [2.24, 2.45) is 7.05 Å². The van der Waals surface area contributed by atoms with Gasteiger partial charge in [-0.2, -0.15) is 5.10 Å². The molecular formula is C12H20ClN3O. The number of carbonyl (C=O) groups excluding carboxylic acids is 1. The molecule has 0 radical (unpaired) electrons. The van der Waals surface area contributed by atoms with Crippen molar-refractivity contribution in [3.63, 3.8) is 0 Å². The quantitative estimate of drug-likeness (QED) is 0.822. The summed E-state index contributed by atoms with van der Waals surface area (Å²) in [4.78, 5) is 12.1. The molecule has 1 unspecified atom stereocenters. The zero-order chi connectivity index (χ0) is 13.1. The van der Waals surface area contributed by atoms with Gasteiger partial charge in [-0.1, -0.05) is 13.8 Å². The Bertz CT molecular complexity index is 396. The minimum atomic E-state index is -0.366. The van der Waals surface area contributed by atoms with E-state index in [0.29, 0.717) is 11.6 Å². The van der Waals surface area contributed by atoms with E-state index in [1.165, 1.54) is 0 Å². The lowest BCUT2D eigenvalue weighted by Gasteiger charge is -2.26. The average molecular weight is 258 g/mol. The summed E-state index contributed by atoms with van der Waals surface area (Å²) in [6, 6.07) is 1.82. The fraction of sp³-hybridized carbons (Fsp3) is 0.667. The largest absolute Gasteiger partial charge is 0.344 e. The predicted octanol–water partition coefficient (Wildman–Crippen LogP) is 2.12. The molecule has 0 fully saturated rings. The van der Waals surface area contributed by atoms with Crippen LogP contribution >= 0.6 is 11.6 Å². The first-order chi connectivity index (χ1) is 7.95. The topological polar surface area (TPSA) is 46.9 Å². The molecule has 1 amide bonds. The Hall–Kier alpha value is -1.03. The number of carbonyl (C=O) groups is 1. The van der Waals surface area contributed by atoms with Crippen LogP contribution in [-0.4, -0.2) is 27.1 Å². The van der Waals surface area contributed by atoms with Crippen LogP contribution in [0, 0.1) is 0 Å². The van der Waals surface area contributed by atoms with Gasteiger partial charge in [-0.15, -0.1) is 11.6 Å². The second-order valence-electron chi connectivity index (χ2n) is 4.50. The molecular weight excluding hydrogens is 238 g/mol. The van der Waals surface area contributed by atoms with Gasteiger partial charge >= 0.3 is 0 Å². The molecule has 0 aromatic carbocycles. The summed E-state index contributed by atoms with van der Waals surface area (Å²) in [5.41, 5.74) is 1.13. The number of hydrogen-bond acceptors (Lipinski definition) is 2. The summed E-state index contributed by atoms with van der Waals surface area (Å²) < 4.78 is 1.61. The molecule has 4 nitrogen and oxygen atoms in total. The van der Waals surface area contributed by atoms with E-state index in [9.17, 15) is 4.79 Å². The number of aryl methyl sites for hydroxylation is 2. The second kappa shape index (κ2) is 5.54. The molecule has 5 heteroatoms. The summed E-state index contributed by atoms with van der Waals surface area (Å²) in [6.07, 6.45) is 1.61. The number of halogens is 1. The van der Waals surface area contributed by atoms with Crippen LogP contribution in [0.4, 0.5) is 0 Å². The maximum atomic E-state index is 12.1. The molecule has 1 rings (SSSR count). The Kier molecular flexibility index (Phi) is 4.57. The van der Waals surface area contributed by atoms with Crippen molar-refractivity contribution in [3.8, 4) is 0 Å². The Morgan fingerprint density at radius 2 is 2.24 bits per heavy atom. The number of aromatic nitrogens is 2. The van der Waals surface area contributed by atoms with Crippen molar-refractivity contribution < 1.29 is 4.79 Å². The molecule has 1 N–H and O–H groups in total.